The molecule has 19 heavy (non-hydrogen) atoms. The van der Waals surface area contributed by atoms with Crippen LogP contribution in [0.1, 0.15) is 37.0 Å². The van der Waals surface area contributed by atoms with Crippen molar-refractivity contribution in [3.8, 4) is 0 Å². The lowest BCUT2D eigenvalue weighted by Gasteiger charge is -2.23. The molecule has 0 saturated heterocycles. The zero-order chi connectivity index (χ0) is 14.8. The van der Waals surface area contributed by atoms with Gasteiger partial charge in [0, 0.05) is 6.54 Å². The Morgan fingerprint density at radius 1 is 1.47 bits per heavy atom. The Hall–Kier alpha value is -1.37. The van der Waals surface area contributed by atoms with E-state index in [2.05, 4.69) is 31.1 Å². The Labute approximate surface area is 120 Å². The van der Waals surface area contributed by atoms with Crippen LogP contribution in [0.25, 0.3) is 0 Å². The van der Waals surface area contributed by atoms with E-state index >= 15 is 0 Å². The van der Waals surface area contributed by atoms with Crippen molar-refractivity contribution in [1.29, 1.82) is 0 Å². The van der Waals surface area contributed by atoms with Crippen molar-refractivity contribution >= 4 is 27.8 Å². The molecule has 1 N–H and O–H groups in total. The van der Waals surface area contributed by atoms with Gasteiger partial charge in [-0.3, -0.25) is 9.48 Å². The van der Waals surface area contributed by atoms with Crippen LogP contribution in [-0.4, -0.2) is 34.3 Å². The summed E-state index contributed by atoms with van der Waals surface area (Å²) in [6.07, 6.45) is 0. The number of aromatic nitrogens is 2. The molecule has 0 bridgehead atoms. The number of nitrogens with zero attached hydrogens (tertiary/aromatic N) is 2. The fourth-order valence-electron chi connectivity index (χ4n) is 1.65. The summed E-state index contributed by atoms with van der Waals surface area (Å²) in [5, 5.41) is 6.89. The second-order valence-corrected chi connectivity index (χ2v) is 5.43. The minimum absolute atomic E-state index is 0.371. The number of amides is 1. The largest absolute Gasteiger partial charge is 0.467 e. The molecule has 0 radical (unpaired) electrons. The lowest BCUT2D eigenvalue weighted by atomic mass is 10.1. The van der Waals surface area contributed by atoms with Crippen LogP contribution in [0.15, 0.2) is 4.47 Å². The maximum atomic E-state index is 12.3. The predicted molar refractivity (Wildman–Crippen MR) is 73.9 cm³/mol. The predicted octanol–water partition coefficient (Wildman–Crippen LogP) is 1.66. The van der Waals surface area contributed by atoms with E-state index in [0.717, 1.165) is 5.69 Å². The molecule has 0 aliphatic heterocycles. The van der Waals surface area contributed by atoms with Crippen molar-refractivity contribution in [3.63, 3.8) is 0 Å². The molecule has 106 valence electrons. The number of ether oxygens (including phenoxy) is 1. The summed E-state index contributed by atoms with van der Waals surface area (Å²) in [5.74, 6) is -0.874. The van der Waals surface area contributed by atoms with Gasteiger partial charge in [0.15, 0.2) is 0 Å². The number of hydrogen-bond donors (Lipinski definition) is 1. The summed E-state index contributed by atoms with van der Waals surface area (Å²) in [5.41, 5.74) is 0.0296. The average molecular weight is 332 g/mol. The number of aryl methyl sites for hydroxylation is 2. The quantitative estimate of drug-likeness (QED) is 0.851. The molecule has 7 heteroatoms. The fourth-order valence-corrected chi connectivity index (χ4v) is 2.12. The normalized spacial score (nSPS) is 11.3. The van der Waals surface area contributed by atoms with Crippen molar-refractivity contribution in [2.24, 2.45) is 0 Å². The van der Waals surface area contributed by atoms with Crippen molar-refractivity contribution in [2.75, 3.05) is 7.11 Å². The van der Waals surface area contributed by atoms with Gasteiger partial charge in [-0.25, -0.2) is 4.79 Å². The number of hydrogen-bond acceptors (Lipinski definition) is 4. The molecule has 1 rings (SSSR count). The van der Waals surface area contributed by atoms with Crippen LogP contribution >= 0.6 is 15.9 Å². The number of carbonyl (C=O) groups is 2. The van der Waals surface area contributed by atoms with Crippen molar-refractivity contribution in [1.82, 2.24) is 15.1 Å². The number of methoxy groups -OCH3 is 1. The summed E-state index contributed by atoms with van der Waals surface area (Å²) in [4.78, 5) is 23.9. The number of carbonyl (C=O) groups excluding carboxylic acids is 2. The minimum Gasteiger partial charge on any atom is -0.467 e. The standard InChI is InChI=1S/C12H18BrN3O3/c1-6-16-9(8(13)7(2)15-16)10(17)14-12(3,4)11(18)19-5/h6H2,1-5H3,(H,14,17). The third-order valence-electron chi connectivity index (χ3n) is 2.69. The van der Waals surface area contributed by atoms with Crippen molar-refractivity contribution < 1.29 is 14.3 Å². The van der Waals surface area contributed by atoms with Crippen molar-refractivity contribution in [3.05, 3.63) is 15.9 Å². The highest BCUT2D eigenvalue weighted by atomic mass is 79.9. The molecule has 0 aliphatic carbocycles. The highest BCUT2D eigenvalue weighted by molar-refractivity contribution is 9.10. The van der Waals surface area contributed by atoms with E-state index < -0.39 is 11.5 Å². The summed E-state index contributed by atoms with van der Waals surface area (Å²) in [6.45, 7) is 7.43. The van der Waals surface area contributed by atoms with Gasteiger partial charge < -0.3 is 10.1 Å². The first-order valence-electron chi connectivity index (χ1n) is 5.88. The van der Waals surface area contributed by atoms with Gasteiger partial charge in [0.2, 0.25) is 0 Å². The zero-order valence-corrected chi connectivity index (χ0v) is 13.3. The van der Waals surface area contributed by atoms with E-state index in [9.17, 15) is 9.59 Å². The van der Waals surface area contributed by atoms with Gasteiger partial charge in [0.05, 0.1) is 17.3 Å². The molecule has 0 fully saturated rings. The van der Waals surface area contributed by atoms with Crippen LogP contribution in [0.3, 0.4) is 0 Å². The first-order valence-corrected chi connectivity index (χ1v) is 6.67. The van der Waals surface area contributed by atoms with Crippen LogP contribution < -0.4 is 5.32 Å². The first kappa shape index (κ1) is 15.7. The van der Waals surface area contributed by atoms with Gasteiger partial charge in [0.1, 0.15) is 11.2 Å². The second kappa shape index (κ2) is 5.73. The summed E-state index contributed by atoms with van der Waals surface area (Å²) >= 11 is 3.34. The number of nitrogens with one attached hydrogen (secondary N) is 1. The van der Waals surface area contributed by atoms with E-state index in [1.54, 1.807) is 25.5 Å². The maximum Gasteiger partial charge on any atom is 0.330 e. The van der Waals surface area contributed by atoms with Crippen LogP contribution in [0.5, 0.6) is 0 Å². The molecule has 1 amide bonds. The van der Waals surface area contributed by atoms with Gasteiger partial charge in [0.25, 0.3) is 5.91 Å². The van der Waals surface area contributed by atoms with Crippen LogP contribution in [0.4, 0.5) is 0 Å². The minimum atomic E-state index is -1.10. The second-order valence-electron chi connectivity index (χ2n) is 4.63. The maximum absolute atomic E-state index is 12.3. The van der Waals surface area contributed by atoms with Gasteiger partial charge in [-0.2, -0.15) is 5.10 Å². The van der Waals surface area contributed by atoms with E-state index in [4.69, 9.17) is 0 Å². The number of rotatable bonds is 4. The molecule has 0 unspecified atom stereocenters. The molecule has 0 aromatic carbocycles. The van der Waals surface area contributed by atoms with Crippen molar-refractivity contribution in [2.45, 2.75) is 39.8 Å². The molecule has 6 nitrogen and oxygen atoms in total. The molecular formula is C12H18BrN3O3. The zero-order valence-electron chi connectivity index (χ0n) is 11.7. The topological polar surface area (TPSA) is 73.2 Å². The SMILES string of the molecule is CCn1nc(C)c(Br)c1C(=O)NC(C)(C)C(=O)OC. The molecule has 0 atom stereocenters. The Morgan fingerprint density at radius 3 is 2.53 bits per heavy atom. The first-order chi connectivity index (χ1) is 8.74. The molecule has 1 aromatic rings. The molecule has 1 heterocycles. The van der Waals surface area contributed by atoms with Crippen LogP contribution in [-0.2, 0) is 16.1 Å². The van der Waals surface area contributed by atoms with Gasteiger partial charge in [-0.05, 0) is 43.6 Å². The Kier molecular flexibility index (Phi) is 4.73. The Balaban J connectivity index is 3.05. The highest BCUT2D eigenvalue weighted by Crippen LogP contribution is 2.21. The molecular weight excluding hydrogens is 314 g/mol. The summed E-state index contributed by atoms with van der Waals surface area (Å²) < 4.78 is 6.87. The van der Waals surface area contributed by atoms with Gasteiger partial charge in [-0.1, -0.05) is 0 Å². The van der Waals surface area contributed by atoms with E-state index in [1.807, 2.05) is 6.92 Å². The number of esters is 1. The van der Waals surface area contributed by atoms with Gasteiger partial charge in [-0.15, -0.1) is 0 Å². The van der Waals surface area contributed by atoms with Crippen LogP contribution in [0.2, 0.25) is 0 Å². The fraction of sp³-hybridized carbons (Fsp3) is 0.583. The molecule has 0 aliphatic rings. The lowest BCUT2D eigenvalue weighted by molar-refractivity contribution is -0.146. The van der Waals surface area contributed by atoms with E-state index in [1.165, 1.54) is 7.11 Å². The third kappa shape index (κ3) is 3.15. The monoisotopic (exact) mass is 331 g/mol. The van der Waals surface area contributed by atoms with E-state index in [-0.39, 0.29) is 5.91 Å². The molecule has 1 aromatic heterocycles. The number of halogens is 1. The average Bonchev–Trinajstić information content (AvgIpc) is 2.63. The third-order valence-corrected chi connectivity index (χ3v) is 3.64. The summed E-state index contributed by atoms with van der Waals surface area (Å²) in [6, 6.07) is 0. The lowest BCUT2D eigenvalue weighted by Crippen LogP contribution is -2.50. The molecule has 0 saturated carbocycles. The Morgan fingerprint density at radius 2 is 2.05 bits per heavy atom. The van der Waals surface area contributed by atoms with Gasteiger partial charge >= 0.3 is 5.97 Å². The summed E-state index contributed by atoms with van der Waals surface area (Å²) in [7, 11) is 1.28. The Bertz CT molecular complexity index is 509. The van der Waals surface area contributed by atoms with Crippen LogP contribution in [0, 0.1) is 6.92 Å². The smallest absolute Gasteiger partial charge is 0.330 e. The van der Waals surface area contributed by atoms with E-state index in [0.29, 0.717) is 16.7 Å². The molecule has 0 spiro atoms. The highest BCUT2D eigenvalue weighted by Gasteiger charge is 2.32.